The van der Waals surface area contributed by atoms with E-state index in [1.807, 2.05) is 12.1 Å². The Bertz CT molecular complexity index is 1020. The van der Waals surface area contributed by atoms with Crippen LogP contribution in [0.15, 0.2) is 61.1 Å². The second kappa shape index (κ2) is 9.57. The Balaban J connectivity index is 1.72. The minimum absolute atomic E-state index is 0.0368. The number of carbonyl (C=O) groups excluding carboxylic acids is 1. The Hall–Kier alpha value is -3.45. The number of nitrogens with zero attached hydrogens (tertiary/aromatic N) is 2. The lowest BCUT2D eigenvalue weighted by atomic mass is 9.77. The fraction of sp³-hybridized carbons (Fsp3) is 0.292. The summed E-state index contributed by atoms with van der Waals surface area (Å²) in [6.07, 6.45) is 7.26. The van der Waals surface area contributed by atoms with Crippen molar-refractivity contribution in [2.45, 2.75) is 18.8 Å². The van der Waals surface area contributed by atoms with E-state index in [1.165, 1.54) is 0 Å². The molecule has 1 saturated heterocycles. The quantitative estimate of drug-likeness (QED) is 0.568. The number of carbonyl (C=O) groups is 1. The fourth-order valence-electron chi connectivity index (χ4n) is 4.25. The van der Waals surface area contributed by atoms with Gasteiger partial charge < -0.3 is 21.1 Å². The molecule has 2 aromatic heterocycles. The summed E-state index contributed by atoms with van der Waals surface area (Å²) in [5, 5.41) is 6.38. The topological polar surface area (TPSA) is 102 Å². The van der Waals surface area contributed by atoms with Gasteiger partial charge >= 0.3 is 0 Å². The molecule has 0 radical (unpaired) electrons. The first-order valence-corrected chi connectivity index (χ1v) is 10.5. The van der Waals surface area contributed by atoms with Gasteiger partial charge in [0.05, 0.1) is 18.4 Å². The standard InChI is InChI=1S/C24H27N5O2/c1-31-19-4-2-18(3-5-19)29-24(30)22-20(25)10-15-28-23(22)21(16-6-11-26-12-7-16)17-8-13-27-14-9-17/h2-7,10-12,15,17,21,27H,8-9,13-14H2,1H3,(H2,25,28)(H,29,30). The Morgan fingerprint density at radius 1 is 1.10 bits per heavy atom. The highest BCUT2D eigenvalue weighted by atomic mass is 16.5. The lowest BCUT2D eigenvalue weighted by Gasteiger charge is -2.32. The van der Waals surface area contributed by atoms with Crippen molar-refractivity contribution in [3.8, 4) is 5.75 Å². The number of nitrogens with one attached hydrogen (secondary N) is 2. The van der Waals surface area contributed by atoms with Crippen LogP contribution in [-0.4, -0.2) is 36.1 Å². The second-order valence-corrected chi connectivity index (χ2v) is 7.69. The van der Waals surface area contributed by atoms with Crippen LogP contribution >= 0.6 is 0 Å². The molecule has 31 heavy (non-hydrogen) atoms. The van der Waals surface area contributed by atoms with Crippen LogP contribution in [0.25, 0.3) is 0 Å². The van der Waals surface area contributed by atoms with Gasteiger partial charge in [-0.1, -0.05) is 0 Å². The summed E-state index contributed by atoms with van der Waals surface area (Å²) in [6.45, 7) is 1.89. The zero-order valence-corrected chi connectivity index (χ0v) is 17.5. The van der Waals surface area contributed by atoms with Gasteiger partial charge in [-0.2, -0.15) is 0 Å². The Labute approximate surface area is 182 Å². The minimum Gasteiger partial charge on any atom is -0.497 e. The molecule has 1 unspecified atom stereocenters. The van der Waals surface area contributed by atoms with E-state index in [0.29, 0.717) is 28.6 Å². The van der Waals surface area contributed by atoms with Crippen LogP contribution in [-0.2, 0) is 0 Å². The SMILES string of the molecule is COc1ccc(NC(=O)c2c(N)ccnc2C(c2ccncc2)C2CCNCC2)cc1. The molecule has 7 nitrogen and oxygen atoms in total. The smallest absolute Gasteiger partial charge is 0.259 e. The highest BCUT2D eigenvalue weighted by Crippen LogP contribution is 2.38. The molecule has 1 atom stereocenters. The molecule has 1 aromatic carbocycles. The lowest BCUT2D eigenvalue weighted by molar-refractivity contribution is 0.102. The number of piperidine rings is 1. The van der Waals surface area contributed by atoms with Gasteiger partial charge in [0, 0.05) is 35.9 Å². The van der Waals surface area contributed by atoms with Crippen LogP contribution < -0.4 is 21.1 Å². The first-order chi connectivity index (χ1) is 15.2. The van der Waals surface area contributed by atoms with Gasteiger partial charge in [-0.25, -0.2) is 0 Å². The largest absolute Gasteiger partial charge is 0.497 e. The molecule has 0 saturated carbocycles. The molecule has 0 aliphatic carbocycles. The maximum Gasteiger partial charge on any atom is 0.259 e. The van der Waals surface area contributed by atoms with E-state index in [-0.39, 0.29) is 11.8 Å². The van der Waals surface area contributed by atoms with Crippen molar-refractivity contribution < 1.29 is 9.53 Å². The van der Waals surface area contributed by atoms with Crippen LogP contribution in [0.3, 0.4) is 0 Å². The summed E-state index contributed by atoms with van der Waals surface area (Å²) < 4.78 is 5.19. The van der Waals surface area contributed by atoms with E-state index in [9.17, 15) is 4.79 Å². The first-order valence-electron chi connectivity index (χ1n) is 10.5. The number of anilines is 2. The van der Waals surface area contributed by atoms with Crippen molar-refractivity contribution in [3.63, 3.8) is 0 Å². The van der Waals surface area contributed by atoms with Crippen molar-refractivity contribution in [2.75, 3.05) is 31.2 Å². The summed E-state index contributed by atoms with van der Waals surface area (Å²) in [4.78, 5) is 22.2. The molecule has 4 rings (SSSR count). The molecular formula is C24H27N5O2. The predicted octanol–water partition coefficient (Wildman–Crippen LogP) is 3.45. The third-order valence-corrected chi connectivity index (χ3v) is 5.80. The number of amides is 1. The minimum atomic E-state index is -0.265. The Morgan fingerprint density at radius 2 is 1.81 bits per heavy atom. The van der Waals surface area contributed by atoms with Crippen LogP contribution in [0.2, 0.25) is 0 Å². The van der Waals surface area contributed by atoms with E-state index in [0.717, 1.165) is 37.2 Å². The van der Waals surface area contributed by atoms with Crippen molar-refractivity contribution in [2.24, 2.45) is 5.92 Å². The number of hydrogen-bond donors (Lipinski definition) is 3. The van der Waals surface area contributed by atoms with Crippen LogP contribution in [0.1, 0.15) is 40.4 Å². The molecule has 4 N–H and O–H groups in total. The van der Waals surface area contributed by atoms with Crippen LogP contribution in [0, 0.1) is 5.92 Å². The number of methoxy groups -OCH3 is 1. The van der Waals surface area contributed by atoms with Gasteiger partial charge in [0.2, 0.25) is 0 Å². The summed E-state index contributed by atoms with van der Waals surface area (Å²) >= 11 is 0. The average molecular weight is 418 g/mol. The van der Waals surface area contributed by atoms with Crippen LogP contribution in [0.5, 0.6) is 5.75 Å². The van der Waals surface area contributed by atoms with Crippen LogP contribution in [0.4, 0.5) is 11.4 Å². The number of rotatable bonds is 6. The molecule has 3 aromatic rings. The fourth-order valence-corrected chi connectivity index (χ4v) is 4.25. The number of nitrogens with two attached hydrogens (primary N) is 1. The normalized spacial score (nSPS) is 15.3. The molecule has 160 valence electrons. The third-order valence-electron chi connectivity index (χ3n) is 5.80. The maximum absolute atomic E-state index is 13.3. The summed E-state index contributed by atoms with van der Waals surface area (Å²) in [6, 6.07) is 12.9. The van der Waals surface area contributed by atoms with Gasteiger partial charge in [-0.3, -0.25) is 14.8 Å². The highest BCUT2D eigenvalue weighted by molar-refractivity contribution is 6.08. The summed E-state index contributed by atoms with van der Waals surface area (Å²) in [5.74, 6) is 0.776. The first kappa shape index (κ1) is 20.8. The second-order valence-electron chi connectivity index (χ2n) is 7.69. The van der Waals surface area contributed by atoms with E-state index >= 15 is 0 Å². The zero-order chi connectivity index (χ0) is 21.6. The monoisotopic (exact) mass is 417 g/mol. The average Bonchev–Trinajstić information content (AvgIpc) is 2.81. The van der Waals surface area contributed by atoms with E-state index in [4.69, 9.17) is 10.5 Å². The molecule has 1 amide bonds. The van der Waals surface area contributed by atoms with E-state index in [2.05, 4.69) is 20.6 Å². The number of aromatic nitrogens is 2. The molecule has 0 bridgehead atoms. The number of benzene rings is 1. The Kier molecular flexibility index (Phi) is 6.43. The van der Waals surface area contributed by atoms with Gasteiger partial charge in [0.25, 0.3) is 5.91 Å². The molecule has 1 aliphatic heterocycles. The van der Waals surface area contributed by atoms with Crippen molar-refractivity contribution in [3.05, 3.63) is 77.9 Å². The lowest BCUT2D eigenvalue weighted by Crippen LogP contribution is -2.32. The third kappa shape index (κ3) is 4.67. The van der Waals surface area contributed by atoms with Gasteiger partial charge in [-0.05, 0) is 79.9 Å². The van der Waals surface area contributed by atoms with Crippen molar-refractivity contribution >= 4 is 17.3 Å². The molecule has 7 heteroatoms. The zero-order valence-electron chi connectivity index (χ0n) is 17.5. The summed E-state index contributed by atoms with van der Waals surface area (Å²) in [7, 11) is 1.61. The van der Waals surface area contributed by atoms with Gasteiger partial charge in [0.1, 0.15) is 5.75 Å². The predicted molar refractivity (Wildman–Crippen MR) is 121 cm³/mol. The number of ether oxygens (including phenoxy) is 1. The molecule has 1 fully saturated rings. The van der Waals surface area contributed by atoms with Crippen molar-refractivity contribution in [1.29, 1.82) is 0 Å². The molecule has 1 aliphatic rings. The van der Waals surface area contributed by atoms with E-state index < -0.39 is 0 Å². The number of nitrogen functional groups attached to an aromatic ring is 1. The molecule has 3 heterocycles. The van der Waals surface area contributed by atoms with Crippen molar-refractivity contribution in [1.82, 2.24) is 15.3 Å². The Morgan fingerprint density at radius 3 is 2.48 bits per heavy atom. The molecular weight excluding hydrogens is 390 g/mol. The number of hydrogen-bond acceptors (Lipinski definition) is 6. The van der Waals surface area contributed by atoms with Gasteiger partial charge in [0.15, 0.2) is 0 Å². The summed E-state index contributed by atoms with van der Waals surface area (Å²) in [5.41, 5.74) is 9.65. The van der Waals surface area contributed by atoms with E-state index in [1.54, 1.807) is 56.0 Å². The number of pyridine rings is 2. The molecule has 0 spiro atoms. The highest BCUT2D eigenvalue weighted by Gasteiger charge is 2.32. The maximum atomic E-state index is 13.3. The van der Waals surface area contributed by atoms with Gasteiger partial charge in [-0.15, -0.1) is 0 Å².